The second-order valence-corrected chi connectivity index (χ2v) is 6.98. The van der Waals surface area contributed by atoms with E-state index in [9.17, 15) is 14.7 Å². The van der Waals surface area contributed by atoms with Gasteiger partial charge in [-0.3, -0.25) is 4.79 Å². The molecule has 5 nitrogen and oxygen atoms in total. The molecule has 1 fully saturated rings. The van der Waals surface area contributed by atoms with Gasteiger partial charge in [-0.1, -0.05) is 59.6 Å². The number of carbonyl (C=O) groups is 2. The van der Waals surface area contributed by atoms with Gasteiger partial charge in [-0.05, 0) is 23.3 Å². The summed E-state index contributed by atoms with van der Waals surface area (Å²) in [5.41, 5.74) is 1.61. The molecule has 0 spiro atoms. The number of rotatable bonds is 4. The lowest BCUT2D eigenvalue weighted by molar-refractivity contribution is -0.141. The summed E-state index contributed by atoms with van der Waals surface area (Å²) in [7, 11) is 0. The lowest BCUT2D eigenvalue weighted by Gasteiger charge is -2.17. The molecule has 1 heterocycles. The smallest absolute Gasteiger partial charge is 0.410 e. The van der Waals surface area contributed by atoms with Gasteiger partial charge in [-0.15, -0.1) is 0 Å². The maximum atomic E-state index is 12.3. The summed E-state index contributed by atoms with van der Waals surface area (Å²) in [5, 5.41) is 10.3. The van der Waals surface area contributed by atoms with Crippen LogP contribution in [-0.4, -0.2) is 35.2 Å². The zero-order valence-electron chi connectivity index (χ0n) is 13.8. The Balaban J connectivity index is 1.71. The van der Waals surface area contributed by atoms with E-state index in [0.29, 0.717) is 10.0 Å². The topological polar surface area (TPSA) is 66.8 Å². The number of nitrogens with zero attached hydrogens (tertiary/aromatic N) is 1. The van der Waals surface area contributed by atoms with Crippen molar-refractivity contribution in [3.05, 3.63) is 69.7 Å². The van der Waals surface area contributed by atoms with Gasteiger partial charge in [0.2, 0.25) is 0 Å². The summed E-state index contributed by atoms with van der Waals surface area (Å²) >= 11 is 12.0. The van der Waals surface area contributed by atoms with E-state index >= 15 is 0 Å². The number of hydrogen-bond acceptors (Lipinski definition) is 3. The summed E-state index contributed by atoms with van der Waals surface area (Å²) in [6.07, 6.45) is -0.525. The van der Waals surface area contributed by atoms with E-state index in [1.54, 1.807) is 18.2 Å². The highest BCUT2D eigenvalue weighted by atomic mass is 35.5. The molecule has 1 aliphatic heterocycles. The van der Waals surface area contributed by atoms with E-state index < -0.39 is 18.0 Å². The highest BCUT2D eigenvalue weighted by Gasteiger charge is 2.41. The highest BCUT2D eigenvalue weighted by molar-refractivity contribution is 6.42. The Kier molecular flexibility index (Phi) is 5.69. The van der Waals surface area contributed by atoms with Crippen LogP contribution in [0.15, 0.2) is 48.5 Å². The molecule has 1 amide bonds. The number of halogens is 2. The standard InChI is InChI=1S/C19H17Cl2NO4/c20-16-7-6-13(8-17(16)21)14-9-22(10-15(14)18(23)24)19(25)26-11-12-4-2-1-3-5-12/h1-8,14-15H,9-11H2,(H,23,24). The zero-order chi connectivity index (χ0) is 18.7. The monoisotopic (exact) mass is 393 g/mol. The minimum atomic E-state index is -0.959. The van der Waals surface area contributed by atoms with Gasteiger partial charge < -0.3 is 14.7 Å². The van der Waals surface area contributed by atoms with Crippen LogP contribution in [0.4, 0.5) is 4.79 Å². The number of benzene rings is 2. The molecule has 2 unspecified atom stereocenters. The normalized spacial score (nSPS) is 19.4. The average Bonchev–Trinajstić information content (AvgIpc) is 3.09. The molecule has 3 rings (SSSR count). The molecular weight excluding hydrogens is 377 g/mol. The molecule has 2 aromatic carbocycles. The molecule has 1 saturated heterocycles. The van der Waals surface area contributed by atoms with Crippen molar-refractivity contribution in [2.75, 3.05) is 13.1 Å². The van der Waals surface area contributed by atoms with Crippen LogP contribution in [0.2, 0.25) is 10.0 Å². The maximum absolute atomic E-state index is 12.3. The van der Waals surface area contributed by atoms with Gasteiger partial charge in [0, 0.05) is 19.0 Å². The van der Waals surface area contributed by atoms with Crippen LogP contribution < -0.4 is 0 Å². The number of carboxylic acids is 1. The number of carboxylic acid groups (broad SMARTS) is 1. The first-order valence-corrected chi connectivity index (χ1v) is 8.84. The van der Waals surface area contributed by atoms with Crippen molar-refractivity contribution >= 4 is 35.3 Å². The number of likely N-dealkylation sites (tertiary alicyclic amines) is 1. The van der Waals surface area contributed by atoms with E-state index in [0.717, 1.165) is 11.1 Å². The second-order valence-electron chi connectivity index (χ2n) is 6.17. The Morgan fingerprint density at radius 2 is 1.81 bits per heavy atom. The average molecular weight is 394 g/mol. The summed E-state index contributed by atoms with van der Waals surface area (Å²) in [5.74, 6) is -2.05. The molecule has 26 heavy (non-hydrogen) atoms. The molecule has 1 aliphatic rings. The number of amides is 1. The Labute approximate surface area is 161 Å². The van der Waals surface area contributed by atoms with E-state index in [4.69, 9.17) is 27.9 Å². The number of hydrogen-bond donors (Lipinski definition) is 1. The predicted molar refractivity (Wildman–Crippen MR) is 98.5 cm³/mol. The van der Waals surface area contributed by atoms with Crippen LogP contribution in [0.5, 0.6) is 0 Å². The first-order chi connectivity index (χ1) is 12.5. The fraction of sp³-hybridized carbons (Fsp3) is 0.263. The molecule has 136 valence electrons. The van der Waals surface area contributed by atoms with Crippen molar-refractivity contribution in [2.24, 2.45) is 5.92 Å². The number of aliphatic carboxylic acids is 1. The largest absolute Gasteiger partial charge is 0.481 e. The third-order valence-corrected chi connectivity index (χ3v) is 5.21. The molecule has 0 radical (unpaired) electrons. The summed E-state index contributed by atoms with van der Waals surface area (Å²) in [6.45, 7) is 0.488. The lowest BCUT2D eigenvalue weighted by Crippen LogP contribution is -2.30. The fourth-order valence-electron chi connectivity index (χ4n) is 3.09. The van der Waals surface area contributed by atoms with E-state index in [1.165, 1.54) is 4.90 Å². The lowest BCUT2D eigenvalue weighted by atomic mass is 9.89. The maximum Gasteiger partial charge on any atom is 0.410 e. The second kappa shape index (κ2) is 7.98. The summed E-state index contributed by atoms with van der Waals surface area (Å²) in [4.78, 5) is 25.4. The van der Waals surface area contributed by atoms with E-state index in [2.05, 4.69) is 0 Å². The molecule has 0 bridgehead atoms. The van der Waals surface area contributed by atoms with Gasteiger partial charge in [-0.2, -0.15) is 0 Å². The van der Waals surface area contributed by atoms with Crippen molar-refractivity contribution in [1.82, 2.24) is 4.90 Å². The van der Waals surface area contributed by atoms with Gasteiger partial charge in [0.25, 0.3) is 0 Å². The quantitative estimate of drug-likeness (QED) is 0.833. The van der Waals surface area contributed by atoms with Gasteiger partial charge in [-0.25, -0.2) is 4.79 Å². The Hall–Kier alpha value is -2.24. The molecule has 2 aromatic rings. The number of carbonyl (C=O) groups excluding carboxylic acids is 1. The molecule has 2 atom stereocenters. The molecule has 7 heteroatoms. The minimum absolute atomic E-state index is 0.0911. The van der Waals surface area contributed by atoms with E-state index in [-0.39, 0.29) is 25.6 Å². The van der Waals surface area contributed by atoms with Crippen LogP contribution in [0.3, 0.4) is 0 Å². The van der Waals surface area contributed by atoms with Crippen LogP contribution >= 0.6 is 23.2 Å². The third kappa shape index (κ3) is 4.11. The molecule has 0 saturated carbocycles. The van der Waals surface area contributed by atoms with Gasteiger partial charge in [0.05, 0.1) is 16.0 Å². The van der Waals surface area contributed by atoms with Crippen LogP contribution in [0.1, 0.15) is 17.0 Å². The first kappa shape index (κ1) is 18.5. The first-order valence-electron chi connectivity index (χ1n) is 8.09. The zero-order valence-corrected chi connectivity index (χ0v) is 15.3. The van der Waals surface area contributed by atoms with Gasteiger partial charge >= 0.3 is 12.1 Å². The summed E-state index contributed by atoms with van der Waals surface area (Å²) < 4.78 is 5.31. The molecule has 1 N–H and O–H groups in total. The Morgan fingerprint density at radius 3 is 2.46 bits per heavy atom. The van der Waals surface area contributed by atoms with Crippen molar-refractivity contribution in [1.29, 1.82) is 0 Å². The minimum Gasteiger partial charge on any atom is -0.481 e. The predicted octanol–water partition coefficient (Wildman–Crippen LogP) is 4.43. The van der Waals surface area contributed by atoms with Crippen molar-refractivity contribution in [2.45, 2.75) is 12.5 Å². The van der Waals surface area contributed by atoms with Crippen LogP contribution in [0, 0.1) is 5.92 Å². The van der Waals surface area contributed by atoms with Crippen molar-refractivity contribution < 1.29 is 19.4 Å². The van der Waals surface area contributed by atoms with Crippen molar-refractivity contribution in [3.8, 4) is 0 Å². The van der Waals surface area contributed by atoms with Crippen LogP contribution in [0.25, 0.3) is 0 Å². The highest BCUT2D eigenvalue weighted by Crippen LogP contribution is 2.36. The Bertz CT molecular complexity index is 812. The third-order valence-electron chi connectivity index (χ3n) is 4.47. The molecule has 0 aromatic heterocycles. The SMILES string of the molecule is O=C(O)C1CN(C(=O)OCc2ccccc2)CC1c1ccc(Cl)c(Cl)c1. The number of ether oxygens (including phenoxy) is 1. The van der Waals surface area contributed by atoms with Crippen LogP contribution in [-0.2, 0) is 16.1 Å². The Morgan fingerprint density at radius 1 is 1.08 bits per heavy atom. The molecular formula is C19H17Cl2NO4. The van der Waals surface area contributed by atoms with Gasteiger partial charge in [0.15, 0.2) is 0 Å². The van der Waals surface area contributed by atoms with Gasteiger partial charge in [0.1, 0.15) is 6.61 Å². The fourth-order valence-corrected chi connectivity index (χ4v) is 3.40. The summed E-state index contributed by atoms with van der Waals surface area (Å²) in [6, 6.07) is 14.3. The van der Waals surface area contributed by atoms with E-state index in [1.807, 2.05) is 30.3 Å². The molecule has 0 aliphatic carbocycles. The van der Waals surface area contributed by atoms with Crippen molar-refractivity contribution in [3.63, 3.8) is 0 Å².